The van der Waals surface area contributed by atoms with Gasteiger partial charge in [0.05, 0.1) is 17.3 Å². The fourth-order valence-corrected chi connectivity index (χ4v) is 1.32. The van der Waals surface area contributed by atoms with Crippen LogP contribution in [-0.2, 0) is 0 Å². The minimum atomic E-state index is -4.74. The van der Waals surface area contributed by atoms with Crippen LogP contribution in [0.2, 0.25) is 0 Å². The summed E-state index contributed by atoms with van der Waals surface area (Å²) in [4.78, 5) is 0. The Morgan fingerprint density at radius 2 is 1.93 bits per heavy atom. The molecule has 0 amide bonds. The van der Waals surface area contributed by atoms with Gasteiger partial charge in [0.1, 0.15) is 11.5 Å². The number of alkyl halides is 3. The van der Waals surface area contributed by atoms with Gasteiger partial charge in [-0.05, 0) is 15.9 Å². The van der Waals surface area contributed by atoms with Gasteiger partial charge in [0.2, 0.25) is 0 Å². The first-order chi connectivity index (χ1) is 6.83. The van der Waals surface area contributed by atoms with Gasteiger partial charge in [-0.15, -0.1) is 13.2 Å². The van der Waals surface area contributed by atoms with Crippen molar-refractivity contribution in [1.29, 1.82) is 0 Å². The number of nitrogen functional groups attached to an aromatic ring is 1. The molecule has 3 nitrogen and oxygen atoms in total. The average Bonchev–Trinajstić information content (AvgIpc) is 2.08. The first-order valence-corrected chi connectivity index (χ1v) is 4.51. The standard InChI is InChI=1S/C8H7BrF3NO2/c1-14-6-3-4(15-8(10,11)12)2-5(13)7(6)9/h2-3H,13H2,1H3. The lowest BCUT2D eigenvalue weighted by atomic mass is 10.3. The third kappa shape index (κ3) is 3.19. The van der Waals surface area contributed by atoms with Crippen molar-refractivity contribution in [3.8, 4) is 11.5 Å². The van der Waals surface area contributed by atoms with Crippen LogP contribution in [0.5, 0.6) is 11.5 Å². The van der Waals surface area contributed by atoms with Crippen LogP contribution < -0.4 is 15.2 Å². The summed E-state index contributed by atoms with van der Waals surface area (Å²) in [6.45, 7) is 0. The highest BCUT2D eigenvalue weighted by Gasteiger charge is 2.31. The summed E-state index contributed by atoms with van der Waals surface area (Å²) in [6.07, 6.45) is -4.74. The predicted molar refractivity (Wildman–Crippen MR) is 51.8 cm³/mol. The summed E-state index contributed by atoms with van der Waals surface area (Å²) < 4.78 is 44.6. The molecule has 0 saturated carbocycles. The topological polar surface area (TPSA) is 44.5 Å². The molecule has 7 heteroatoms. The molecule has 0 aliphatic heterocycles. The molecule has 0 aromatic heterocycles. The molecule has 84 valence electrons. The van der Waals surface area contributed by atoms with E-state index in [0.717, 1.165) is 12.1 Å². The maximum Gasteiger partial charge on any atom is 0.573 e. The number of methoxy groups -OCH3 is 1. The van der Waals surface area contributed by atoms with Gasteiger partial charge in [-0.2, -0.15) is 0 Å². The van der Waals surface area contributed by atoms with Gasteiger partial charge in [-0.3, -0.25) is 0 Å². The van der Waals surface area contributed by atoms with Crippen molar-refractivity contribution in [1.82, 2.24) is 0 Å². The van der Waals surface area contributed by atoms with Crippen LogP contribution in [0.15, 0.2) is 16.6 Å². The number of rotatable bonds is 2. The van der Waals surface area contributed by atoms with E-state index in [1.54, 1.807) is 0 Å². The van der Waals surface area contributed by atoms with Gasteiger partial charge in [-0.25, -0.2) is 0 Å². The Morgan fingerprint density at radius 3 is 2.40 bits per heavy atom. The van der Waals surface area contributed by atoms with Crippen LogP contribution in [0.1, 0.15) is 0 Å². The SMILES string of the molecule is COc1cc(OC(F)(F)F)cc(N)c1Br. The van der Waals surface area contributed by atoms with E-state index in [-0.39, 0.29) is 11.4 Å². The Balaban J connectivity index is 3.06. The maximum atomic E-state index is 11.9. The third-order valence-electron chi connectivity index (χ3n) is 1.49. The first kappa shape index (κ1) is 12.0. The van der Waals surface area contributed by atoms with Crippen molar-refractivity contribution in [3.63, 3.8) is 0 Å². The van der Waals surface area contributed by atoms with Crippen LogP contribution in [0.25, 0.3) is 0 Å². The normalized spacial score (nSPS) is 11.3. The van der Waals surface area contributed by atoms with Crippen molar-refractivity contribution < 1.29 is 22.6 Å². The van der Waals surface area contributed by atoms with E-state index >= 15 is 0 Å². The zero-order chi connectivity index (χ0) is 11.6. The molecule has 0 atom stereocenters. The summed E-state index contributed by atoms with van der Waals surface area (Å²) >= 11 is 3.07. The molecule has 0 unspecified atom stereocenters. The van der Waals surface area contributed by atoms with Gasteiger partial charge in [0.15, 0.2) is 0 Å². The van der Waals surface area contributed by atoms with E-state index in [4.69, 9.17) is 10.5 Å². The first-order valence-electron chi connectivity index (χ1n) is 3.72. The second-order valence-electron chi connectivity index (χ2n) is 2.58. The minimum Gasteiger partial charge on any atom is -0.495 e. The molecule has 0 aliphatic rings. The predicted octanol–water partition coefficient (Wildman–Crippen LogP) is 2.94. The molecular weight excluding hydrogens is 279 g/mol. The zero-order valence-corrected chi connectivity index (χ0v) is 9.15. The molecule has 0 fully saturated rings. The number of hydrogen-bond acceptors (Lipinski definition) is 3. The van der Waals surface area contributed by atoms with Crippen LogP contribution >= 0.6 is 15.9 Å². The minimum absolute atomic E-state index is 0.105. The molecule has 0 radical (unpaired) electrons. The Morgan fingerprint density at radius 1 is 1.33 bits per heavy atom. The van der Waals surface area contributed by atoms with Gasteiger partial charge in [-0.1, -0.05) is 0 Å². The summed E-state index contributed by atoms with van der Waals surface area (Å²) in [7, 11) is 1.32. The van der Waals surface area contributed by atoms with E-state index in [1.165, 1.54) is 7.11 Å². The smallest absolute Gasteiger partial charge is 0.495 e. The van der Waals surface area contributed by atoms with E-state index in [9.17, 15) is 13.2 Å². The Kier molecular flexibility index (Phi) is 3.33. The molecular formula is C8H7BrF3NO2. The highest BCUT2D eigenvalue weighted by atomic mass is 79.9. The van der Waals surface area contributed by atoms with Gasteiger partial charge >= 0.3 is 6.36 Å². The zero-order valence-electron chi connectivity index (χ0n) is 7.56. The summed E-state index contributed by atoms with van der Waals surface area (Å²) in [5.41, 5.74) is 5.55. The second-order valence-corrected chi connectivity index (χ2v) is 3.37. The van der Waals surface area contributed by atoms with E-state index in [0.29, 0.717) is 4.47 Å². The van der Waals surface area contributed by atoms with Crippen LogP contribution in [0.4, 0.5) is 18.9 Å². The number of benzene rings is 1. The van der Waals surface area contributed by atoms with Crippen molar-refractivity contribution in [2.24, 2.45) is 0 Å². The number of ether oxygens (including phenoxy) is 2. The van der Waals surface area contributed by atoms with Crippen LogP contribution in [0, 0.1) is 0 Å². The molecule has 15 heavy (non-hydrogen) atoms. The summed E-state index contributed by atoms with van der Waals surface area (Å²) in [5.74, 6) is -0.241. The largest absolute Gasteiger partial charge is 0.573 e. The maximum absolute atomic E-state index is 11.9. The Hall–Kier alpha value is -1.11. The van der Waals surface area contributed by atoms with Crippen molar-refractivity contribution in [2.75, 3.05) is 12.8 Å². The van der Waals surface area contributed by atoms with Gasteiger partial charge in [0.25, 0.3) is 0 Å². The molecule has 0 bridgehead atoms. The highest BCUT2D eigenvalue weighted by Crippen LogP contribution is 2.36. The molecule has 1 aromatic carbocycles. The summed E-state index contributed by atoms with van der Waals surface area (Å²) in [5, 5.41) is 0. The van der Waals surface area contributed by atoms with Crippen molar-refractivity contribution in [3.05, 3.63) is 16.6 Å². The molecule has 0 heterocycles. The highest BCUT2D eigenvalue weighted by molar-refractivity contribution is 9.10. The van der Waals surface area contributed by atoms with Crippen LogP contribution in [0.3, 0.4) is 0 Å². The number of anilines is 1. The number of hydrogen-bond donors (Lipinski definition) is 1. The molecule has 0 spiro atoms. The quantitative estimate of drug-likeness (QED) is 0.850. The summed E-state index contributed by atoms with van der Waals surface area (Å²) in [6, 6.07) is 2.15. The molecule has 1 rings (SSSR count). The average molecular weight is 286 g/mol. The van der Waals surface area contributed by atoms with Crippen molar-refractivity contribution in [2.45, 2.75) is 6.36 Å². The van der Waals surface area contributed by atoms with Crippen LogP contribution in [-0.4, -0.2) is 13.5 Å². The Labute approximate surface area is 92.1 Å². The fraction of sp³-hybridized carbons (Fsp3) is 0.250. The van der Waals surface area contributed by atoms with Gasteiger partial charge < -0.3 is 15.2 Å². The molecule has 0 saturated heterocycles. The second kappa shape index (κ2) is 4.18. The van der Waals surface area contributed by atoms with E-state index in [2.05, 4.69) is 20.7 Å². The molecule has 1 aromatic rings. The lowest BCUT2D eigenvalue weighted by Gasteiger charge is -2.12. The lowest BCUT2D eigenvalue weighted by molar-refractivity contribution is -0.274. The molecule has 0 aliphatic carbocycles. The fourth-order valence-electron chi connectivity index (χ4n) is 0.934. The van der Waals surface area contributed by atoms with Crippen molar-refractivity contribution >= 4 is 21.6 Å². The van der Waals surface area contributed by atoms with Gasteiger partial charge in [0, 0.05) is 12.1 Å². The van der Waals surface area contributed by atoms with E-state index in [1.807, 2.05) is 0 Å². The molecule has 2 N–H and O–H groups in total. The monoisotopic (exact) mass is 285 g/mol. The lowest BCUT2D eigenvalue weighted by Crippen LogP contribution is -2.17. The number of nitrogens with two attached hydrogens (primary N) is 1. The Bertz CT molecular complexity index is 368. The number of halogens is 4. The van der Waals surface area contributed by atoms with E-state index < -0.39 is 12.1 Å². The third-order valence-corrected chi connectivity index (χ3v) is 2.34.